The van der Waals surface area contributed by atoms with Crippen LogP contribution in [-0.4, -0.2) is 25.0 Å². The highest BCUT2D eigenvalue weighted by Gasteiger charge is 2.17. The Labute approximate surface area is 138 Å². The summed E-state index contributed by atoms with van der Waals surface area (Å²) >= 11 is 0. The van der Waals surface area contributed by atoms with Crippen molar-refractivity contribution >= 4 is 5.91 Å². The standard InChI is InChI=1S/C20H25NO2/c1-15-5-10-18(11-6-15)16(2)21(3)20(22)14-9-17-7-12-19(23-4)13-8-17/h5-8,10-13,16H,9,14H2,1-4H3. The Morgan fingerprint density at radius 3 is 2.26 bits per heavy atom. The quantitative estimate of drug-likeness (QED) is 0.802. The molecule has 0 spiro atoms. The number of ether oxygens (including phenoxy) is 1. The van der Waals surface area contributed by atoms with Crippen LogP contribution in [0.3, 0.4) is 0 Å². The molecule has 0 radical (unpaired) electrons. The first-order chi connectivity index (χ1) is 11.0. The Hall–Kier alpha value is -2.29. The highest BCUT2D eigenvalue weighted by atomic mass is 16.5. The molecule has 0 heterocycles. The lowest BCUT2D eigenvalue weighted by Crippen LogP contribution is -2.29. The lowest BCUT2D eigenvalue weighted by molar-refractivity contribution is -0.131. The predicted molar refractivity (Wildman–Crippen MR) is 93.7 cm³/mol. The third kappa shape index (κ3) is 4.59. The highest BCUT2D eigenvalue weighted by molar-refractivity contribution is 5.76. The zero-order valence-electron chi connectivity index (χ0n) is 14.4. The Morgan fingerprint density at radius 2 is 1.70 bits per heavy atom. The topological polar surface area (TPSA) is 29.5 Å². The largest absolute Gasteiger partial charge is 0.497 e. The maximum Gasteiger partial charge on any atom is 0.223 e. The fraction of sp³-hybridized carbons (Fsp3) is 0.350. The third-order valence-corrected chi connectivity index (χ3v) is 4.32. The highest BCUT2D eigenvalue weighted by Crippen LogP contribution is 2.20. The number of nitrogens with zero attached hydrogens (tertiary/aromatic N) is 1. The van der Waals surface area contributed by atoms with Crippen LogP contribution in [0.1, 0.15) is 36.1 Å². The normalized spacial score (nSPS) is 11.8. The molecule has 0 N–H and O–H groups in total. The fourth-order valence-electron chi connectivity index (χ4n) is 2.50. The molecule has 1 unspecified atom stereocenters. The number of benzene rings is 2. The van der Waals surface area contributed by atoms with E-state index < -0.39 is 0 Å². The van der Waals surface area contributed by atoms with Gasteiger partial charge in [-0.05, 0) is 43.5 Å². The second-order valence-corrected chi connectivity index (χ2v) is 5.94. The lowest BCUT2D eigenvalue weighted by Gasteiger charge is -2.25. The third-order valence-electron chi connectivity index (χ3n) is 4.32. The number of carbonyl (C=O) groups is 1. The van der Waals surface area contributed by atoms with E-state index in [1.165, 1.54) is 5.56 Å². The van der Waals surface area contributed by atoms with Crippen LogP contribution < -0.4 is 4.74 Å². The van der Waals surface area contributed by atoms with Crippen molar-refractivity contribution in [3.8, 4) is 5.75 Å². The van der Waals surface area contributed by atoms with E-state index in [9.17, 15) is 4.79 Å². The molecular weight excluding hydrogens is 286 g/mol. The zero-order chi connectivity index (χ0) is 16.8. The van der Waals surface area contributed by atoms with E-state index >= 15 is 0 Å². The number of amides is 1. The number of hydrogen-bond acceptors (Lipinski definition) is 2. The summed E-state index contributed by atoms with van der Waals surface area (Å²) in [7, 11) is 3.53. The minimum atomic E-state index is 0.0824. The van der Waals surface area contributed by atoms with Gasteiger partial charge in [-0.1, -0.05) is 42.0 Å². The molecule has 3 heteroatoms. The van der Waals surface area contributed by atoms with Gasteiger partial charge in [0.2, 0.25) is 5.91 Å². The van der Waals surface area contributed by atoms with Crippen LogP contribution in [0.25, 0.3) is 0 Å². The van der Waals surface area contributed by atoms with Crippen molar-refractivity contribution in [2.24, 2.45) is 0 Å². The van der Waals surface area contributed by atoms with E-state index in [4.69, 9.17) is 4.74 Å². The Balaban J connectivity index is 1.92. The summed E-state index contributed by atoms with van der Waals surface area (Å²) < 4.78 is 5.15. The van der Waals surface area contributed by atoms with Gasteiger partial charge in [0.25, 0.3) is 0 Å². The van der Waals surface area contributed by atoms with Gasteiger partial charge in [-0.3, -0.25) is 4.79 Å². The molecule has 1 atom stereocenters. The predicted octanol–water partition coefficient (Wildman–Crippen LogP) is 4.16. The molecule has 2 rings (SSSR count). The van der Waals surface area contributed by atoms with E-state index in [-0.39, 0.29) is 11.9 Å². The summed E-state index contributed by atoms with van der Waals surface area (Å²) in [6.45, 7) is 4.13. The summed E-state index contributed by atoms with van der Waals surface area (Å²) in [6.07, 6.45) is 1.26. The molecule has 122 valence electrons. The van der Waals surface area contributed by atoms with Crippen molar-refractivity contribution in [1.82, 2.24) is 4.90 Å². The van der Waals surface area contributed by atoms with E-state index in [2.05, 4.69) is 38.1 Å². The van der Waals surface area contributed by atoms with Gasteiger partial charge in [0.15, 0.2) is 0 Å². The molecule has 1 amide bonds. The van der Waals surface area contributed by atoms with Gasteiger partial charge < -0.3 is 9.64 Å². The summed E-state index contributed by atoms with van der Waals surface area (Å²) in [5.41, 5.74) is 3.54. The maximum absolute atomic E-state index is 12.4. The first kappa shape index (κ1) is 17.1. The average molecular weight is 311 g/mol. The molecule has 0 aromatic heterocycles. The van der Waals surface area contributed by atoms with E-state index in [1.807, 2.05) is 36.2 Å². The fourth-order valence-corrected chi connectivity index (χ4v) is 2.50. The van der Waals surface area contributed by atoms with Crippen LogP contribution in [-0.2, 0) is 11.2 Å². The minimum absolute atomic E-state index is 0.0824. The molecule has 0 aliphatic heterocycles. The summed E-state index contributed by atoms with van der Waals surface area (Å²) in [5.74, 6) is 0.999. The van der Waals surface area contributed by atoms with Crippen LogP contribution >= 0.6 is 0 Å². The second-order valence-electron chi connectivity index (χ2n) is 5.94. The van der Waals surface area contributed by atoms with Crippen LogP contribution in [0.15, 0.2) is 48.5 Å². The first-order valence-electron chi connectivity index (χ1n) is 7.96. The maximum atomic E-state index is 12.4. The number of aryl methyl sites for hydroxylation is 2. The SMILES string of the molecule is COc1ccc(CCC(=O)N(C)C(C)c2ccc(C)cc2)cc1. The van der Waals surface area contributed by atoms with Crippen LogP contribution in [0.5, 0.6) is 5.75 Å². The van der Waals surface area contributed by atoms with E-state index in [1.54, 1.807) is 7.11 Å². The van der Waals surface area contributed by atoms with Gasteiger partial charge in [0, 0.05) is 13.5 Å². The van der Waals surface area contributed by atoms with Gasteiger partial charge in [0.05, 0.1) is 13.2 Å². The molecule has 2 aromatic carbocycles. The molecule has 0 saturated carbocycles. The number of hydrogen-bond donors (Lipinski definition) is 0. The van der Waals surface area contributed by atoms with Gasteiger partial charge in [-0.25, -0.2) is 0 Å². The van der Waals surface area contributed by atoms with Crippen molar-refractivity contribution in [1.29, 1.82) is 0 Å². The molecule has 0 bridgehead atoms. The molecule has 0 aliphatic rings. The Bertz CT molecular complexity index is 632. The van der Waals surface area contributed by atoms with Gasteiger partial charge in [-0.2, -0.15) is 0 Å². The Kier molecular flexibility index (Phi) is 5.80. The molecular formula is C20H25NO2. The molecule has 3 nitrogen and oxygen atoms in total. The lowest BCUT2D eigenvalue weighted by atomic mass is 10.0. The molecule has 2 aromatic rings. The van der Waals surface area contributed by atoms with Crippen molar-refractivity contribution in [3.63, 3.8) is 0 Å². The van der Waals surface area contributed by atoms with Gasteiger partial charge in [0.1, 0.15) is 5.75 Å². The van der Waals surface area contributed by atoms with Gasteiger partial charge in [-0.15, -0.1) is 0 Å². The smallest absolute Gasteiger partial charge is 0.223 e. The molecule has 0 saturated heterocycles. The van der Waals surface area contributed by atoms with Crippen molar-refractivity contribution in [2.45, 2.75) is 32.7 Å². The molecule has 0 fully saturated rings. The van der Waals surface area contributed by atoms with Crippen LogP contribution in [0.2, 0.25) is 0 Å². The first-order valence-corrected chi connectivity index (χ1v) is 7.96. The van der Waals surface area contributed by atoms with Gasteiger partial charge >= 0.3 is 0 Å². The minimum Gasteiger partial charge on any atom is -0.497 e. The van der Waals surface area contributed by atoms with Crippen molar-refractivity contribution < 1.29 is 9.53 Å². The summed E-state index contributed by atoms with van der Waals surface area (Å²) in [4.78, 5) is 14.2. The number of methoxy groups -OCH3 is 1. The second kappa shape index (κ2) is 7.82. The number of carbonyl (C=O) groups excluding carboxylic acids is 1. The summed E-state index contributed by atoms with van der Waals surface area (Å²) in [6, 6.07) is 16.3. The average Bonchev–Trinajstić information content (AvgIpc) is 2.59. The molecule has 0 aliphatic carbocycles. The van der Waals surface area contributed by atoms with E-state index in [0.29, 0.717) is 6.42 Å². The van der Waals surface area contributed by atoms with Crippen LogP contribution in [0, 0.1) is 6.92 Å². The monoisotopic (exact) mass is 311 g/mol. The molecule has 23 heavy (non-hydrogen) atoms. The zero-order valence-corrected chi connectivity index (χ0v) is 14.4. The van der Waals surface area contributed by atoms with Crippen LogP contribution in [0.4, 0.5) is 0 Å². The van der Waals surface area contributed by atoms with Crippen molar-refractivity contribution in [2.75, 3.05) is 14.2 Å². The Morgan fingerprint density at radius 1 is 1.09 bits per heavy atom. The number of rotatable bonds is 6. The summed E-state index contributed by atoms with van der Waals surface area (Å²) in [5, 5.41) is 0. The van der Waals surface area contributed by atoms with Crippen molar-refractivity contribution in [3.05, 3.63) is 65.2 Å². The van der Waals surface area contributed by atoms with E-state index in [0.717, 1.165) is 23.3 Å².